The van der Waals surface area contributed by atoms with Gasteiger partial charge in [-0.05, 0) is 13.3 Å². The second-order valence-corrected chi connectivity index (χ2v) is 5.44. The average molecular weight is 289 g/mol. The number of imidazole rings is 2. The van der Waals surface area contributed by atoms with Gasteiger partial charge in [-0.2, -0.15) is 4.98 Å². The fraction of sp³-hybridized carbons (Fsp3) is 0.500. The number of hydrogen-bond acceptors (Lipinski definition) is 3. The first kappa shape index (κ1) is 13.7. The number of fused-ring (bicyclic) bond motifs is 3. The van der Waals surface area contributed by atoms with Crippen LogP contribution in [0.2, 0.25) is 0 Å². The van der Waals surface area contributed by atoms with Crippen LogP contribution in [0.4, 0.5) is 0 Å². The van der Waals surface area contributed by atoms with Gasteiger partial charge in [-0.15, -0.1) is 0 Å². The standard InChI is InChI=1S/C14H19N5O2/c1-5-6-7-18-12(20)10-11(17(4)14(18)21)15-13-16(3)9(2)8-19(10)13/h8H,5-7H2,1-4H3. The largest absolute Gasteiger partial charge is 0.332 e. The predicted molar refractivity (Wildman–Crippen MR) is 80.8 cm³/mol. The van der Waals surface area contributed by atoms with E-state index in [0.29, 0.717) is 23.5 Å². The maximum atomic E-state index is 12.7. The lowest BCUT2D eigenvalue weighted by molar-refractivity contribution is 0.566. The van der Waals surface area contributed by atoms with Gasteiger partial charge in [0.15, 0.2) is 11.2 Å². The van der Waals surface area contributed by atoms with Crippen molar-refractivity contribution in [1.29, 1.82) is 0 Å². The molecule has 0 amide bonds. The molecular formula is C14H19N5O2. The second-order valence-electron chi connectivity index (χ2n) is 5.44. The molecule has 3 rings (SSSR count). The Hall–Kier alpha value is -2.31. The zero-order chi connectivity index (χ0) is 15.3. The summed E-state index contributed by atoms with van der Waals surface area (Å²) in [6.07, 6.45) is 3.61. The summed E-state index contributed by atoms with van der Waals surface area (Å²) in [5, 5.41) is 0. The van der Waals surface area contributed by atoms with E-state index in [1.54, 1.807) is 11.4 Å². The molecule has 3 heterocycles. The van der Waals surface area contributed by atoms with Gasteiger partial charge in [0.05, 0.1) is 0 Å². The molecule has 0 spiro atoms. The molecule has 0 unspecified atom stereocenters. The van der Waals surface area contributed by atoms with Gasteiger partial charge >= 0.3 is 5.69 Å². The van der Waals surface area contributed by atoms with Crippen LogP contribution in [0.5, 0.6) is 0 Å². The summed E-state index contributed by atoms with van der Waals surface area (Å²) in [6.45, 7) is 4.43. The molecule has 0 aromatic carbocycles. The fourth-order valence-electron chi connectivity index (χ4n) is 2.63. The van der Waals surface area contributed by atoms with Gasteiger partial charge in [-0.3, -0.25) is 18.3 Å². The van der Waals surface area contributed by atoms with Crippen molar-refractivity contribution >= 4 is 16.9 Å². The summed E-state index contributed by atoms with van der Waals surface area (Å²) in [5.41, 5.74) is 1.34. The lowest BCUT2D eigenvalue weighted by atomic mass is 10.3. The van der Waals surface area contributed by atoms with E-state index in [4.69, 9.17) is 0 Å². The van der Waals surface area contributed by atoms with Gasteiger partial charge in [0.1, 0.15) is 0 Å². The van der Waals surface area contributed by atoms with Crippen LogP contribution in [-0.2, 0) is 20.6 Å². The molecule has 0 N–H and O–H groups in total. The van der Waals surface area contributed by atoms with E-state index in [1.807, 2.05) is 31.7 Å². The van der Waals surface area contributed by atoms with E-state index in [9.17, 15) is 9.59 Å². The Morgan fingerprint density at radius 1 is 1.19 bits per heavy atom. The highest BCUT2D eigenvalue weighted by Crippen LogP contribution is 2.14. The van der Waals surface area contributed by atoms with Crippen LogP contribution in [0.1, 0.15) is 25.5 Å². The number of aryl methyl sites for hydroxylation is 3. The van der Waals surface area contributed by atoms with Crippen LogP contribution in [0, 0.1) is 6.92 Å². The van der Waals surface area contributed by atoms with Crippen molar-refractivity contribution in [3.63, 3.8) is 0 Å². The van der Waals surface area contributed by atoms with E-state index >= 15 is 0 Å². The molecule has 0 bridgehead atoms. The van der Waals surface area contributed by atoms with E-state index in [-0.39, 0.29) is 11.2 Å². The molecule has 3 aromatic heterocycles. The van der Waals surface area contributed by atoms with Gasteiger partial charge < -0.3 is 4.57 Å². The summed E-state index contributed by atoms with van der Waals surface area (Å²) in [6, 6.07) is 0. The monoisotopic (exact) mass is 289 g/mol. The van der Waals surface area contributed by atoms with Gasteiger partial charge in [-0.25, -0.2) is 4.79 Å². The molecule has 7 heteroatoms. The summed E-state index contributed by atoms with van der Waals surface area (Å²) in [4.78, 5) is 29.5. The Bertz CT molecular complexity index is 954. The summed E-state index contributed by atoms with van der Waals surface area (Å²) in [7, 11) is 3.55. The van der Waals surface area contributed by atoms with Crippen LogP contribution < -0.4 is 11.2 Å². The molecule has 0 aliphatic rings. The molecule has 21 heavy (non-hydrogen) atoms. The Balaban J connectivity index is 2.47. The molecule has 112 valence electrons. The van der Waals surface area contributed by atoms with Gasteiger partial charge in [0.25, 0.3) is 5.56 Å². The maximum Gasteiger partial charge on any atom is 0.332 e. The number of unbranched alkanes of at least 4 members (excludes halogenated alkanes) is 1. The SMILES string of the molecule is CCCCn1c(=O)c2c(nc3n(C)c(C)cn23)n(C)c1=O. The minimum atomic E-state index is -0.305. The topological polar surface area (TPSA) is 66.2 Å². The molecule has 0 aliphatic carbocycles. The zero-order valence-electron chi connectivity index (χ0n) is 12.8. The van der Waals surface area contributed by atoms with Gasteiger partial charge in [0.2, 0.25) is 5.78 Å². The zero-order valence-corrected chi connectivity index (χ0v) is 12.8. The highest BCUT2D eigenvalue weighted by molar-refractivity contribution is 5.75. The summed E-state index contributed by atoms with van der Waals surface area (Å²) in [5.74, 6) is 0.669. The quantitative estimate of drug-likeness (QED) is 0.716. The number of nitrogens with zero attached hydrogens (tertiary/aromatic N) is 5. The van der Waals surface area contributed by atoms with Crippen molar-refractivity contribution < 1.29 is 0 Å². The third-order valence-corrected chi connectivity index (χ3v) is 4.04. The lowest BCUT2D eigenvalue weighted by Crippen LogP contribution is -2.39. The van der Waals surface area contributed by atoms with Crippen LogP contribution in [0.15, 0.2) is 15.8 Å². The second kappa shape index (κ2) is 4.61. The van der Waals surface area contributed by atoms with Crippen molar-refractivity contribution in [2.24, 2.45) is 14.1 Å². The molecular weight excluding hydrogens is 270 g/mol. The molecule has 0 radical (unpaired) electrons. The van der Waals surface area contributed by atoms with Crippen molar-refractivity contribution in [3.05, 3.63) is 32.7 Å². The average Bonchev–Trinajstić information content (AvgIpc) is 2.95. The van der Waals surface area contributed by atoms with E-state index in [0.717, 1.165) is 18.5 Å². The van der Waals surface area contributed by atoms with Gasteiger partial charge in [0, 0.05) is 32.5 Å². The van der Waals surface area contributed by atoms with Crippen LogP contribution in [-0.4, -0.2) is 23.1 Å². The predicted octanol–water partition coefficient (Wildman–Crippen LogP) is 0.795. The molecule has 0 aliphatic heterocycles. The highest BCUT2D eigenvalue weighted by Gasteiger charge is 2.18. The molecule has 7 nitrogen and oxygen atoms in total. The summed E-state index contributed by atoms with van der Waals surface area (Å²) >= 11 is 0. The van der Waals surface area contributed by atoms with E-state index in [2.05, 4.69) is 4.98 Å². The first-order valence-corrected chi connectivity index (χ1v) is 7.11. The first-order chi connectivity index (χ1) is 9.97. The van der Waals surface area contributed by atoms with Crippen molar-refractivity contribution in [3.8, 4) is 0 Å². The third kappa shape index (κ3) is 1.76. The number of aromatic nitrogens is 5. The molecule has 3 aromatic rings. The van der Waals surface area contributed by atoms with E-state index in [1.165, 1.54) is 9.13 Å². The van der Waals surface area contributed by atoms with Crippen molar-refractivity contribution in [2.75, 3.05) is 0 Å². The fourth-order valence-corrected chi connectivity index (χ4v) is 2.63. The van der Waals surface area contributed by atoms with Crippen LogP contribution >= 0.6 is 0 Å². The molecule has 0 fully saturated rings. The minimum Gasteiger partial charge on any atom is -0.317 e. The third-order valence-electron chi connectivity index (χ3n) is 4.04. The molecule has 0 saturated carbocycles. The normalized spacial score (nSPS) is 11.8. The maximum absolute atomic E-state index is 12.7. The van der Waals surface area contributed by atoms with Gasteiger partial charge in [-0.1, -0.05) is 13.3 Å². The number of rotatable bonds is 3. The van der Waals surface area contributed by atoms with Crippen LogP contribution in [0.25, 0.3) is 16.9 Å². The first-order valence-electron chi connectivity index (χ1n) is 7.11. The summed E-state index contributed by atoms with van der Waals surface area (Å²) < 4.78 is 6.44. The van der Waals surface area contributed by atoms with Crippen LogP contribution in [0.3, 0.4) is 0 Å². The minimum absolute atomic E-state index is 0.264. The smallest absolute Gasteiger partial charge is 0.317 e. The lowest BCUT2D eigenvalue weighted by Gasteiger charge is -2.07. The Labute approximate surface area is 121 Å². The Morgan fingerprint density at radius 3 is 2.57 bits per heavy atom. The Kier molecular flexibility index (Phi) is 3.00. The highest BCUT2D eigenvalue weighted by atomic mass is 16.2. The molecule has 0 saturated heterocycles. The molecule has 0 atom stereocenters. The van der Waals surface area contributed by atoms with Crippen molar-refractivity contribution in [1.82, 2.24) is 23.1 Å². The number of hydrogen-bond donors (Lipinski definition) is 0. The van der Waals surface area contributed by atoms with E-state index < -0.39 is 0 Å². The van der Waals surface area contributed by atoms with Crippen molar-refractivity contribution in [2.45, 2.75) is 33.2 Å². The Morgan fingerprint density at radius 2 is 1.90 bits per heavy atom.